The van der Waals surface area contributed by atoms with Crippen LogP contribution in [0.3, 0.4) is 0 Å². The molecule has 0 aliphatic carbocycles. The van der Waals surface area contributed by atoms with E-state index in [-0.39, 0.29) is 0 Å². The highest BCUT2D eigenvalue weighted by atomic mass is 15.1. The summed E-state index contributed by atoms with van der Waals surface area (Å²) < 4.78 is 2.35. The van der Waals surface area contributed by atoms with E-state index in [2.05, 4.69) is 53.0 Å². The molecule has 2 aromatic rings. The summed E-state index contributed by atoms with van der Waals surface area (Å²) in [6, 6.07) is 8.89. The zero-order valence-corrected chi connectivity index (χ0v) is 10.9. The zero-order chi connectivity index (χ0) is 12.3. The molecule has 3 heteroatoms. The molecule has 1 unspecified atom stereocenters. The molecule has 0 saturated heterocycles. The molecule has 1 atom stereocenters. The van der Waals surface area contributed by atoms with Gasteiger partial charge in [-0.3, -0.25) is 0 Å². The summed E-state index contributed by atoms with van der Waals surface area (Å²) in [5.74, 6) is 1.18. The number of para-hydroxylation sites is 2. The van der Waals surface area contributed by atoms with Crippen LogP contribution in [0.15, 0.2) is 24.3 Å². The lowest BCUT2D eigenvalue weighted by Gasteiger charge is -2.16. The standard InChI is InChI=1S/C14H21N3/c1-4-11(15-3)10-17-13-9-7-6-8-12(13)16-14(17)5-2/h6-9,11,15H,4-5,10H2,1-3H3. The van der Waals surface area contributed by atoms with Crippen LogP contribution < -0.4 is 5.32 Å². The van der Waals surface area contributed by atoms with Gasteiger partial charge in [0.2, 0.25) is 0 Å². The van der Waals surface area contributed by atoms with Gasteiger partial charge in [-0.2, -0.15) is 0 Å². The fourth-order valence-electron chi connectivity index (χ4n) is 2.24. The fourth-order valence-corrected chi connectivity index (χ4v) is 2.24. The first kappa shape index (κ1) is 12.1. The second-order valence-corrected chi connectivity index (χ2v) is 4.37. The average molecular weight is 231 g/mol. The predicted molar refractivity (Wildman–Crippen MR) is 72.2 cm³/mol. The smallest absolute Gasteiger partial charge is 0.109 e. The lowest BCUT2D eigenvalue weighted by atomic mass is 10.2. The van der Waals surface area contributed by atoms with Crippen molar-refractivity contribution in [2.24, 2.45) is 0 Å². The third kappa shape index (κ3) is 2.34. The topological polar surface area (TPSA) is 29.9 Å². The van der Waals surface area contributed by atoms with E-state index in [9.17, 15) is 0 Å². The minimum atomic E-state index is 0.512. The summed E-state index contributed by atoms with van der Waals surface area (Å²) in [4.78, 5) is 4.69. The van der Waals surface area contributed by atoms with Crippen molar-refractivity contribution in [1.82, 2.24) is 14.9 Å². The van der Waals surface area contributed by atoms with Crippen molar-refractivity contribution in [3.63, 3.8) is 0 Å². The fraction of sp³-hybridized carbons (Fsp3) is 0.500. The number of rotatable bonds is 5. The van der Waals surface area contributed by atoms with Gasteiger partial charge in [0.05, 0.1) is 11.0 Å². The van der Waals surface area contributed by atoms with Gasteiger partial charge in [0.1, 0.15) is 5.82 Å². The molecule has 0 aliphatic rings. The maximum atomic E-state index is 4.69. The van der Waals surface area contributed by atoms with E-state index >= 15 is 0 Å². The molecule has 1 N–H and O–H groups in total. The maximum Gasteiger partial charge on any atom is 0.109 e. The van der Waals surface area contributed by atoms with E-state index in [0.29, 0.717) is 6.04 Å². The summed E-state index contributed by atoms with van der Waals surface area (Å²) in [6.45, 7) is 5.38. The molecule has 0 aliphatic heterocycles. The van der Waals surface area contributed by atoms with Gasteiger partial charge >= 0.3 is 0 Å². The second-order valence-electron chi connectivity index (χ2n) is 4.37. The number of imidazole rings is 1. The van der Waals surface area contributed by atoms with Crippen LogP contribution in [0.4, 0.5) is 0 Å². The van der Waals surface area contributed by atoms with Crippen LogP contribution in [0.5, 0.6) is 0 Å². The van der Waals surface area contributed by atoms with Crippen molar-refractivity contribution in [3.8, 4) is 0 Å². The van der Waals surface area contributed by atoms with E-state index in [1.54, 1.807) is 0 Å². The molecular formula is C14H21N3. The second kappa shape index (κ2) is 5.32. The van der Waals surface area contributed by atoms with Crippen molar-refractivity contribution >= 4 is 11.0 Å². The minimum Gasteiger partial charge on any atom is -0.326 e. The van der Waals surface area contributed by atoms with Gasteiger partial charge in [0.15, 0.2) is 0 Å². The third-order valence-corrected chi connectivity index (χ3v) is 3.35. The summed E-state index contributed by atoms with van der Waals surface area (Å²) in [5, 5.41) is 3.36. The average Bonchev–Trinajstić information content (AvgIpc) is 2.73. The quantitative estimate of drug-likeness (QED) is 0.857. The van der Waals surface area contributed by atoms with Gasteiger partial charge in [-0.15, -0.1) is 0 Å². The van der Waals surface area contributed by atoms with Crippen LogP contribution in [0.25, 0.3) is 11.0 Å². The molecule has 0 bridgehead atoms. The third-order valence-electron chi connectivity index (χ3n) is 3.35. The largest absolute Gasteiger partial charge is 0.326 e. The molecule has 0 fully saturated rings. The monoisotopic (exact) mass is 231 g/mol. The van der Waals surface area contributed by atoms with Gasteiger partial charge in [-0.05, 0) is 25.6 Å². The van der Waals surface area contributed by atoms with E-state index in [4.69, 9.17) is 0 Å². The lowest BCUT2D eigenvalue weighted by Crippen LogP contribution is -2.29. The molecule has 1 aromatic heterocycles. The molecule has 3 nitrogen and oxygen atoms in total. The van der Waals surface area contributed by atoms with Crippen molar-refractivity contribution in [3.05, 3.63) is 30.1 Å². The Balaban J connectivity index is 2.42. The van der Waals surface area contributed by atoms with Crippen LogP contribution >= 0.6 is 0 Å². The number of aromatic nitrogens is 2. The number of nitrogens with zero attached hydrogens (tertiary/aromatic N) is 2. The van der Waals surface area contributed by atoms with Gasteiger partial charge in [0.25, 0.3) is 0 Å². The molecule has 0 amide bonds. The first-order valence-corrected chi connectivity index (χ1v) is 6.41. The van der Waals surface area contributed by atoms with E-state index in [1.165, 1.54) is 11.3 Å². The first-order valence-electron chi connectivity index (χ1n) is 6.41. The van der Waals surface area contributed by atoms with Crippen LogP contribution in [-0.2, 0) is 13.0 Å². The number of likely N-dealkylation sites (N-methyl/N-ethyl adjacent to an activating group) is 1. The van der Waals surface area contributed by atoms with Crippen LogP contribution in [-0.4, -0.2) is 22.6 Å². The number of aryl methyl sites for hydroxylation is 1. The summed E-state index contributed by atoms with van der Waals surface area (Å²) >= 11 is 0. The number of hydrogen-bond donors (Lipinski definition) is 1. The Morgan fingerprint density at radius 3 is 2.71 bits per heavy atom. The highest BCUT2D eigenvalue weighted by Crippen LogP contribution is 2.17. The summed E-state index contributed by atoms with van der Waals surface area (Å²) in [6.07, 6.45) is 2.11. The molecule has 0 spiro atoms. The number of hydrogen-bond acceptors (Lipinski definition) is 2. The zero-order valence-electron chi connectivity index (χ0n) is 10.9. The molecule has 2 rings (SSSR count). The van der Waals surface area contributed by atoms with E-state index < -0.39 is 0 Å². The van der Waals surface area contributed by atoms with Crippen LogP contribution in [0, 0.1) is 0 Å². The Kier molecular flexibility index (Phi) is 3.79. The molecule has 1 heterocycles. The Hall–Kier alpha value is -1.35. The van der Waals surface area contributed by atoms with Gasteiger partial charge in [0, 0.05) is 19.0 Å². The molecular weight excluding hydrogens is 210 g/mol. The van der Waals surface area contributed by atoms with Gasteiger partial charge in [-0.25, -0.2) is 4.98 Å². The molecule has 1 aromatic carbocycles. The predicted octanol–water partition coefficient (Wildman–Crippen LogP) is 2.60. The highest BCUT2D eigenvalue weighted by Gasteiger charge is 2.12. The SMILES string of the molecule is CCc1nc2ccccc2n1CC(CC)NC. The number of nitrogens with one attached hydrogen (secondary N) is 1. The van der Waals surface area contributed by atoms with Crippen LogP contribution in [0.2, 0.25) is 0 Å². The minimum absolute atomic E-state index is 0.512. The molecule has 17 heavy (non-hydrogen) atoms. The Bertz CT molecular complexity index is 483. The Morgan fingerprint density at radius 1 is 1.29 bits per heavy atom. The van der Waals surface area contributed by atoms with Crippen molar-refractivity contribution in [2.75, 3.05) is 7.05 Å². The van der Waals surface area contributed by atoms with Crippen molar-refractivity contribution in [2.45, 2.75) is 39.3 Å². The first-order chi connectivity index (χ1) is 8.30. The summed E-state index contributed by atoms with van der Waals surface area (Å²) in [5.41, 5.74) is 2.35. The lowest BCUT2D eigenvalue weighted by molar-refractivity contribution is 0.467. The Morgan fingerprint density at radius 2 is 2.06 bits per heavy atom. The normalized spacial score (nSPS) is 13.1. The van der Waals surface area contributed by atoms with E-state index in [0.717, 1.165) is 24.9 Å². The van der Waals surface area contributed by atoms with Gasteiger partial charge < -0.3 is 9.88 Å². The van der Waals surface area contributed by atoms with Gasteiger partial charge in [-0.1, -0.05) is 26.0 Å². The number of benzene rings is 1. The van der Waals surface area contributed by atoms with Crippen LogP contribution in [0.1, 0.15) is 26.1 Å². The van der Waals surface area contributed by atoms with Crippen molar-refractivity contribution in [1.29, 1.82) is 0 Å². The molecule has 0 saturated carbocycles. The Labute approximate surface area is 103 Å². The number of fused-ring (bicyclic) bond motifs is 1. The maximum absolute atomic E-state index is 4.69. The van der Waals surface area contributed by atoms with E-state index in [1.807, 2.05) is 7.05 Å². The molecule has 92 valence electrons. The summed E-state index contributed by atoms with van der Waals surface area (Å²) in [7, 11) is 2.03. The molecule has 0 radical (unpaired) electrons. The van der Waals surface area contributed by atoms with Crippen molar-refractivity contribution < 1.29 is 0 Å². The highest BCUT2D eigenvalue weighted by molar-refractivity contribution is 5.75.